The van der Waals surface area contributed by atoms with Crippen molar-refractivity contribution < 1.29 is 10.2 Å². The van der Waals surface area contributed by atoms with Gasteiger partial charge in [0.1, 0.15) is 5.84 Å². The van der Waals surface area contributed by atoms with Crippen LogP contribution in [0.5, 0.6) is 0 Å². The van der Waals surface area contributed by atoms with Gasteiger partial charge in [-0.3, -0.25) is 4.90 Å². The summed E-state index contributed by atoms with van der Waals surface area (Å²) in [7, 11) is 0. The van der Waals surface area contributed by atoms with Crippen molar-refractivity contribution in [3.63, 3.8) is 0 Å². The molecule has 2 aromatic carbocycles. The quantitative estimate of drug-likeness (QED) is 0.880. The molecular weight excluding hydrogens is 326 g/mol. The molecule has 24 heavy (non-hydrogen) atoms. The minimum Gasteiger partial charge on any atom is -0.394 e. The topological polar surface area (TPSA) is 59.3 Å². The van der Waals surface area contributed by atoms with Gasteiger partial charge in [0.25, 0.3) is 0 Å². The number of fused-ring (bicyclic) bond motifs is 1. The molecule has 124 valence electrons. The van der Waals surface area contributed by atoms with Crippen LogP contribution in [-0.4, -0.2) is 46.5 Å². The first-order valence-electron chi connectivity index (χ1n) is 7.96. The number of anilines is 2. The normalized spacial score (nSPS) is 22.7. The lowest BCUT2D eigenvalue weighted by Gasteiger charge is -2.45. The lowest BCUT2D eigenvalue weighted by atomic mass is 9.99. The summed E-state index contributed by atoms with van der Waals surface area (Å²) in [4.78, 5) is 8.30. The summed E-state index contributed by atoms with van der Waals surface area (Å²) in [6.45, 7) is 0.907. The van der Waals surface area contributed by atoms with Crippen molar-refractivity contribution in [2.45, 2.75) is 18.8 Å². The van der Waals surface area contributed by atoms with Gasteiger partial charge in [0.05, 0.1) is 18.3 Å². The molecule has 0 spiro atoms. The number of likely N-dealkylation sites (tertiary alicyclic amines) is 1. The van der Waals surface area contributed by atoms with Gasteiger partial charge in [-0.15, -0.1) is 0 Å². The Morgan fingerprint density at radius 3 is 2.62 bits per heavy atom. The molecule has 2 aromatic rings. The predicted octanol–water partition coefficient (Wildman–Crippen LogP) is 2.58. The first-order chi connectivity index (χ1) is 11.7. The van der Waals surface area contributed by atoms with Crippen LogP contribution in [-0.2, 0) is 0 Å². The lowest BCUT2D eigenvalue weighted by molar-refractivity contribution is 0.102. The van der Waals surface area contributed by atoms with Gasteiger partial charge in [-0.2, -0.15) is 0 Å². The summed E-state index contributed by atoms with van der Waals surface area (Å²) >= 11 is 6.21. The summed E-state index contributed by atoms with van der Waals surface area (Å²) in [5.74, 6) is 0.714. The smallest absolute Gasteiger partial charge is 0.231 e. The van der Waals surface area contributed by atoms with Gasteiger partial charge in [-0.25, -0.2) is 4.99 Å². The Labute approximate surface area is 145 Å². The Morgan fingerprint density at radius 1 is 1.17 bits per heavy atom. The van der Waals surface area contributed by atoms with E-state index in [-0.39, 0.29) is 12.6 Å². The summed E-state index contributed by atoms with van der Waals surface area (Å²) in [5.41, 5.74) is 2.57. The highest BCUT2D eigenvalue weighted by Gasteiger charge is 2.36. The summed E-state index contributed by atoms with van der Waals surface area (Å²) in [5, 5.41) is 20.8. The van der Waals surface area contributed by atoms with Crippen LogP contribution in [0.4, 0.5) is 11.4 Å². The molecule has 2 heterocycles. The van der Waals surface area contributed by atoms with E-state index in [9.17, 15) is 10.2 Å². The molecule has 0 aliphatic carbocycles. The number of benzene rings is 2. The Hall–Kier alpha value is -2.08. The second-order valence-electron chi connectivity index (χ2n) is 5.98. The fourth-order valence-electron chi connectivity index (χ4n) is 3.25. The molecule has 2 atom stereocenters. The number of aliphatic hydroxyl groups is 2. The number of halogens is 1. The Morgan fingerprint density at radius 2 is 1.96 bits per heavy atom. The Bertz CT molecular complexity index is 779. The number of aliphatic hydroxyl groups excluding tert-OH is 2. The maximum Gasteiger partial charge on any atom is 0.231 e. The van der Waals surface area contributed by atoms with Gasteiger partial charge >= 0.3 is 0 Å². The average Bonchev–Trinajstić information content (AvgIpc) is 2.55. The molecule has 2 aliphatic rings. The second-order valence-corrected chi connectivity index (χ2v) is 6.42. The summed E-state index contributed by atoms with van der Waals surface area (Å²) < 4.78 is 0. The van der Waals surface area contributed by atoms with Crippen molar-refractivity contribution in [2.24, 2.45) is 4.99 Å². The fraction of sp³-hybridized carbons (Fsp3) is 0.278. The van der Waals surface area contributed by atoms with E-state index in [1.807, 2.05) is 53.4 Å². The van der Waals surface area contributed by atoms with Crippen molar-refractivity contribution in [3.05, 3.63) is 59.1 Å². The molecule has 2 N–H and O–H groups in total. The lowest BCUT2D eigenvalue weighted by Crippen LogP contribution is -2.55. The highest BCUT2D eigenvalue weighted by molar-refractivity contribution is 6.31. The maximum absolute atomic E-state index is 10.7. The highest BCUT2D eigenvalue weighted by atomic mass is 35.5. The monoisotopic (exact) mass is 343 g/mol. The second kappa shape index (κ2) is 6.09. The molecule has 0 aromatic heterocycles. The van der Waals surface area contributed by atoms with E-state index in [0.29, 0.717) is 10.9 Å². The number of aliphatic imine (C=N–C) groups is 1. The van der Waals surface area contributed by atoms with E-state index >= 15 is 0 Å². The molecule has 5 nitrogen and oxygen atoms in total. The maximum atomic E-state index is 10.7. The number of rotatable bonds is 2. The zero-order valence-electron chi connectivity index (χ0n) is 13.0. The van der Waals surface area contributed by atoms with Gasteiger partial charge in [0.15, 0.2) is 0 Å². The molecule has 4 rings (SSSR count). The number of amidine groups is 1. The van der Waals surface area contributed by atoms with Gasteiger partial charge in [0.2, 0.25) is 6.35 Å². The molecule has 0 saturated carbocycles. The Balaban J connectivity index is 1.82. The molecule has 0 bridgehead atoms. The number of para-hydroxylation sites is 1. The van der Waals surface area contributed by atoms with E-state index in [1.165, 1.54) is 0 Å². The van der Waals surface area contributed by atoms with Gasteiger partial charge in [-0.05, 0) is 36.8 Å². The van der Waals surface area contributed by atoms with Crippen LogP contribution in [0.3, 0.4) is 0 Å². The summed E-state index contributed by atoms with van der Waals surface area (Å²) in [6, 6.07) is 15.3. The third-order valence-corrected chi connectivity index (χ3v) is 4.83. The first-order valence-corrected chi connectivity index (χ1v) is 8.34. The minimum atomic E-state index is -1.03. The molecule has 0 radical (unpaired) electrons. The van der Waals surface area contributed by atoms with Crippen LogP contribution < -0.4 is 4.90 Å². The molecule has 0 amide bonds. The molecular formula is C18H18ClN3O2. The molecule has 1 saturated heterocycles. The van der Waals surface area contributed by atoms with Gasteiger partial charge < -0.3 is 15.1 Å². The van der Waals surface area contributed by atoms with E-state index < -0.39 is 6.35 Å². The van der Waals surface area contributed by atoms with E-state index in [4.69, 9.17) is 11.6 Å². The van der Waals surface area contributed by atoms with Gasteiger partial charge in [-0.1, -0.05) is 29.8 Å². The fourth-order valence-corrected chi connectivity index (χ4v) is 3.42. The van der Waals surface area contributed by atoms with Crippen LogP contribution in [0.25, 0.3) is 0 Å². The first kappa shape index (κ1) is 15.4. The molecule has 1 fully saturated rings. The van der Waals surface area contributed by atoms with E-state index in [2.05, 4.69) is 4.99 Å². The van der Waals surface area contributed by atoms with Gasteiger partial charge in [0, 0.05) is 22.8 Å². The standard InChI is InChI=1S/C18H18ClN3O2/c19-12-6-7-15-16(10-12)22(13-4-2-1-3-5-13)18(24)20-17(15)21-9-8-14(21)11-23/h1-7,10,14,18,23-24H,8-9,11H2/t14-,18?/m1/s1. The van der Waals surface area contributed by atoms with Crippen molar-refractivity contribution in [1.82, 2.24) is 4.90 Å². The van der Waals surface area contributed by atoms with Crippen LogP contribution in [0.2, 0.25) is 5.02 Å². The third-order valence-electron chi connectivity index (χ3n) is 4.59. The third kappa shape index (κ3) is 2.45. The zero-order chi connectivity index (χ0) is 16.7. The van der Waals surface area contributed by atoms with Crippen LogP contribution in [0.15, 0.2) is 53.5 Å². The van der Waals surface area contributed by atoms with Crippen molar-refractivity contribution >= 4 is 28.8 Å². The summed E-state index contributed by atoms with van der Waals surface area (Å²) in [6.07, 6.45) is -0.106. The SMILES string of the molecule is OC[C@H]1CCN1C1=NC(O)N(c2ccccc2)c2cc(Cl)ccc21. The molecule has 2 aliphatic heterocycles. The number of nitrogens with zero attached hydrogens (tertiary/aromatic N) is 3. The van der Waals surface area contributed by atoms with Crippen LogP contribution >= 0.6 is 11.6 Å². The van der Waals surface area contributed by atoms with Crippen LogP contribution in [0, 0.1) is 0 Å². The average molecular weight is 344 g/mol. The predicted molar refractivity (Wildman–Crippen MR) is 94.8 cm³/mol. The van der Waals surface area contributed by atoms with Crippen LogP contribution in [0.1, 0.15) is 12.0 Å². The molecule has 1 unspecified atom stereocenters. The zero-order valence-corrected chi connectivity index (χ0v) is 13.8. The van der Waals surface area contributed by atoms with Crippen molar-refractivity contribution in [2.75, 3.05) is 18.1 Å². The number of hydrogen-bond donors (Lipinski definition) is 2. The van der Waals surface area contributed by atoms with E-state index in [1.54, 1.807) is 4.90 Å². The number of hydrogen-bond acceptors (Lipinski definition) is 5. The van der Waals surface area contributed by atoms with Crippen molar-refractivity contribution in [3.8, 4) is 0 Å². The van der Waals surface area contributed by atoms with Crippen molar-refractivity contribution in [1.29, 1.82) is 0 Å². The van der Waals surface area contributed by atoms with E-state index in [0.717, 1.165) is 29.9 Å². The minimum absolute atomic E-state index is 0.0581. The Kier molecular flexibility index (Phi) is 3.92. The molecule has 6 heteroatoms. The highest BCUT2D eigenvalue weighted by Crippen LogP contribution is 2.38. The largest absolute Gasteiger partial charge is 0.394 e.